The largest absolute Gasteiger partial charge is 0.287 e. The molecule has 2 aliphatic heterocycles. The van der Waals surface area contributed by atoms with Crippen molar-refractivity contribution >= 4 is 0 Å². The molecule has 0 aromatic heterocycles. The van der Waals surface area contributed by atoms with Gasteiger partial charge in [0.15, 0.2) is 0 Å². The first-order chi connectivity index (χ1) is 7.29. The van der Waals surface area contributed by atoms with E-state index in [2.05, 4.69) is 43.0 Å². The highest BCUT2D eigenvalue weighted by Crippen LogP contribution is 2.51. The number of piperidine rings is 1. The highest BCUT2D eigenvalue weighted by Gasteiger charge is 2.41. The molecule has 80 valence electrons. The van der Waals surface area contributed by atoms with Gasteiger partial charge in [0.05, 0.1) is 0 Å². The van der Waals surface area contributed by atoms with E-state index in [1.807, 2.05) is 0 Å². The molecule has 0 amide bonds. The van der Waals surface area contributed by atoms with Crippen LogP contribution in [0.2, 0.25) is 0 Å². The highest BCUT2D eigenvalue weighted by atomic mass is 15.2. The normalized spacial score (nSPS) is 29.5. The van der Waals surface area contributed by atoms with Crippen LogP contribution in [-0.4, -0.2) is 10.9 Å². The van der Waals surface area contributed by atoms with E-state index in [0.29, 0.717) is 18.1 Å². The molecule has 2 bridgehead atoms. The van der Waals surface area contributed by atoms with Gasteiger partial charge in [-0.05, 0) is 44.2 Å². The van der Waals surface area contributed by atoms with E-state index in [1.54, 1.807) is 11.1 Å². The van der Waals surface area contributed by atoms with Crippen molar-refractivity contribution in [3.8, 4) is 0 Å². The molecule has 2 unspecified atom stereocenters. The molecule has 0 spiro atoms. The summed E-state index contributed by atoms with van der Waals surface area (Å²) >= 11 is 0. The third-order valence-electron chi connectivity index (χ3n) is 3.99. The van der Waals surface area contributed by atoms with E-state index in [-0.39, 0.29) is 0 Å². The van der Waals surface area contributed by atoms with Crippen molar-refractivity contribution in [2.45, 2.75) is 51.2 Å². The van der Waals surface area contributed by atoms with Gasteiger partial charge >= 0.3 is 0 Å². The number of benzene rings is 1. The Balaban J connectivity index is 2.09. The van der Waals surface area contributed by atoms with Crippen LogP contribution in [0.4, 0.5) is 0 Å². The van der Waals surface area contributed by atoms with Crippen molar-refractivity contribution in [1.82, 2.24) is 4.90 Å². The smallest absolute Gasteiger partial charge is 0.0360 e. The molecule has 2 aliphatic rings. The first-order valence-electron chi connectivity index (χ1n) is 6.15. The summed E-state index contributed by atoms with van der Waals surface area (Å²) in [6, 6.07) is 11.1. The molecule has 1 heteroatoms. The zero-order valence-electron chi connectivity index (χ0n) is 9.61. The van der Waals surface area contributed by atoms with Crippen molar-refractivity contribution in [2.24, 2.45) is 0 Å². The predicted octanol–water partition coefficient (Wildman–Crippen LogP) is 3.68. The number of rotatable bonds is 1. The van der Waals surface area contributed by atoms with Crippen molar-refractivity contribution in [2.75, 3.05) is 0 Å². The summed E-state index contributed by atoms with van der Waals surface area (Å²) < 4.78 is 0. The van der Waals surface area contributed by atoms with Gasteiger partial charge in [-0.1, -0.05) is 24.3 Å². The van der Waals surface area contributed by atoms with Gasteiger partial charge in [0, 0.05) is 18.1 Å². The number of fused-ring (bicyclic) bond motifs is 5. The lowest BCUT2D eigenvalue weighted by Crippen LogP contribution is -2.35. The van der Waals surface area contributed by atoms with Gasteiger partial charge in [-0.3, -0.25) is 4.90 Å². The van der Waals surface area contributed by atoms with Crippen molar-refractivity contribution in [3.05, 3.63) is 35.4 Å². The van der Waals surface area contributed by atoms with Crippen LogP contribution < -0.4 is 0 Å². The first kappa shape index (κ1) is 9.41. The molecule has 15 heavy (non-hydrogen) atoms. The molecule has 1 aromatic carbocycles. The van der Waals surface area contributed by atoms with Gasteiger partial charge in [-0.2, -0.15) is 0 Å². The second-order valence-corrected chi connectivity index (χ2v) is 5.13. The molecule has 0 N–H and O–H groups in total. The maximum absolute atomic E-state index is 2.72. The summed E-state index contributed by atoms with van der Waals surface area (Å²) in [5.41, 5.74) is 3.21. The number of hydrogen-bond donors (Lipinski definition) is 0. The molecule has 1 saturated heterocycles. The summed E-state index contributed by atoms with van der Waals surface area (Å²) in [6.45, 7) is 4.66. The Labute approximate surface area is 92.1 Å². The average Bonchev–Trinajstić information content (AvgIpc) is 2.46. The van der Waals surface area contributed by atoms with Crippen LogP contribution >= 0.6 is 0 Å². The van der Waals surface area contributed by atoms with Crippen molar-refractivity contribution < 1.29 is 0 Å². The lowest BCUT2D eigenvalue weighted by atomic mass is 9.99. The highest BCUT2D eigenvalue weighted by molar-refractivity contribution is 5.38. The Morgan fingerprint density at radius 2 is 1.60 bits per heavy atom. The van der Waals surface area contributed by atoms with E-state index < -0.39 is 0 Å². The van der Waals surface area contributed by atoms with Gasteiger partial charge in [-0.15, -0.1) is 0 Å². The molecule has 1 fully saturated rings. The van der Waals surface area contributed by atoms with Gasteiger partial charge < -0.3 is 0 Å². The fourth-order valence-corrected chi connectivity index (χ4v) is 3.49. The first-order valence-corrected chi connectivity index (χ1v) is 6.15. The zero-order chi connectivity index (χ0) is 10.4. The van der Waals surface area contributed by atoms with Crippen molar-refractivity contribution in [3.63, 3.8) is 0 Å². The Morgan fingerprint density at radius 1 is 1.07 bits per heavy atom. The predicted molar refractivity (Wildman–Crippen MR) is 62.8 cm³/mol. The van der Waals surface area contributed by atoms with Crippen LogP contribution in [0.25, 0.3) is 0 Å². The molecular formula is C14H19N. The second kappa shape index (κ2) is 3.34. The summed E-state index contributed by atoms with van der Waals surface area (Å²) in [4.78, 5) is 2.72. The van der Waals surface area contributed by atoms with E-state index in [4.69, 9.17) is 0 Å². The molecule has 0 radical (unpaired) electrons. The quantitative estimate of drug-likeness (QED) is 0.670. The van der Waals surface area contributed by atoms with E-state index in [0.717, 1.165) is 0 Å². The SMILES string of the molecule is CC(C)N1C2CCCC1c1ccccc12. The lowest BCUT2D eigenvalue weighted by molar-refractivity contribution is 0.0746. The molecule has 0 saturated carbocycles. The molecular weight excluding hydrogens is 182 g/mol. The Bertz CT molecular complexity index is 338. The van der Waals surface area contributed by atoms with Crippen LogP contribution in [0.3, 0.4) is 0 Å². The standard InChI is InChI=1S/C14H19N/c1-10(2)15-13-8-5-9-14(15)12-7-4-3-6-11(12)13/h3-4,6-7,10,13-14H,5,8-9H2,1-2H3. The maximum Gasteiger partial charge on any atom is 0.0360 e. The lowest BCUT2D eigenvalue weighted by Gasteiger charge is -2.38. The van der Waals surface area contributed by atoms with Gasteiger partial charge in [0.25, 0.3) is 0 Å². The van der Waals surface area contributed by atoms with Crippen LogP contribution in [0.5, 0.6) is 0 Å². The minimum Gasteiger partial charge on any atom is -0.287 e. The topological polar surface area (TPSA) is 3.24 Å². The second-order valence-electron chi connectivity index (χ2n) is 5.13. The zero-order valence-corrected chi connectivity index (χ0v) is 9.61. The molecule has 2 heterocycles. The van der Waals surface area contributed by atoms with E-state index >= 15 is 0 Å². The van der Waals surface area contributed by atoms with Gasteiger partial charge in [0.1, 0.15) is 0 Å². The fraction of sp³-hybridized carbons (Fsp3) is 0.571. The molecule has 2 atom stereocenters. The van der Waals surface area contributed by atoms with Gasteiger partial charge in [-0.25, -0.2) is 0 Å². The third kappa shape index (κ3) is 1.26. The Hall–Kier alpha value is -0.820. The molecule has 0 aliphatic carbocycles. The summed E-state index contributed by atoms with van der Waals surface area (Å²) in [5.74, 6) is 0. The Kier molecular flexibility index (Phi) is 2.10. The minimum absolute atomic E-state index is 0.674. The van der Waals surface area contributed by atoms with Gasteiger partial charge in [0.2, 0.25) is 0 Å². The average molecular weight is 201 g/mol. The van der Waals surface area contributed by atoms with Crippen molar-refractivity contribution in [1.29, 1.82) is 0 Å². The summed E-state index contributed by atoms with van der Waals surface area (Å²) in [7, 11) is 0. The van der Waals surface area contributed by atoms with E-state index in [1.165, 1.54) is 19.3 Å². The van der Waals surface area contributed by atoms with Crippen LogP contribution in [0.1, 0.15) is 56.3 Å². The Morgan fingerprint density at radius 3 is 2.07 bits per heavy atom. The maximum atomic E-state index is 2.72. The number of nitrogens with zero attached hydrogens (tertiary/aromatic N) is 1. The minimum atomic E-state index is 0.674. The number of hydrogen-bond acceptors (Lipinski definition) is 1. The van der Waals surface area contributed by atoms with E-state index in [9.17, 15) is 0 Å². The molecule has 1 aromatic rings. The monoisotopic (exact) mass is 201 g/mol. The molecule has 3 rings (SSSR count). The molecule has 1 nitrogen and oxygen atoms in total. The van der Waals surface area contributed by atoms with Crippen LogP contribution in [-0.2, 0) is 0 Å². The fourth-order valence-electron chi connectivity index (χ4n) is 3.49. The van der Waals surface area contributed by atoms with Crippen LogP contribution in [0.15, 0.2) is 24.3 Å². The summed E-state index contributed by atoms with van der Waals surface area (Å²) in [6.07, 6.45) is 4.10. The summed E-state index contributed by atoms with van der Waals surface area (Å²) in [5, 5.41) is 0. The third-order valence-corrected chi connectivity index (χ3v) is 3.99. The van der Waals surface area contributed by atoms with Crippen LogP contribution in [0, 0.1) is 0 Å².